The summed E-state index contributed by atoms with van der Waals surface area (Å²) in [4.78, 5) is 0. The molecule has 0 nitrogen and oxygen atoms in total. The summed E-state index contributed by atoms with van der Waals surface area (Å²) < 4.78 is 12.3. The van der Waals surface area contributed by atoms with Crippen LogP contribution in [-0.2, 0) is 0 Å². The predicted molar refractivity (Wildman–Crippen MR) is 55.9 cm³/mol. The minimum atomic E-state index is -0.0706. The van der Waals surface area contributed by atoms with Crippen LogP contribution in [0.4, 0.5) is 3.89 Å². The van der Waals surface area contributed by atoms with Gasteiger partial charge in [0, 0.05) is 0 Å². The van der Waals surface area contributed by atoms with Gasteiger partial charge in [-0.3, -0.25) is 0 Å². The Morgan fingerprint density at radius 3 is 2.67 bits per heavy atom. The van der Waals surface area contributed by atoms with Crippen LogP contribution in [0.5, 0.6) is 0 Å². The lowest BCUT2D eigenvalue weighted by Gasteiger charge is -2.08. The molecule has 1 atom stereocenters. The Labute approximate surface area is 78.5 Å². The van der Waals surface area contributed by atoms with Crippen LogP contribution in [-0.4, -0.2) is 5.25 Å². The minimum absolute atomic E-state index is 0.0706. The van der Waals surface area contributed by atoms with Gasteiger partial charge in [0.2, 0.25) is 0 Å². The van der Waals surface area contributed by atoms with Gasteiger partial charge < -0.3 is 0 Å². The van der Waals surface area contributed by atoms with Crippen molar-refractivity contribution in [3.8, 4) is 0 Å². The van der Waals surface area contributed by atoms with E-state index >= 15 is 0 Å². The van der Waals surface area contributed by atoms with Crippen LogP contribution in [0.25, 0.3) is 0 Å². The zero-order chi connectivity index (χ0) is 9.40. The van der Waals surface area contributed by atoms with E-state index in [1.807, 2.05) is 32.1 Å². The summed E-state index contributed by atoms with van der Waals surface area (Å²) in [6, 6.07) is 0. The van der Waals surface area contributed by atoms with Gasteiger partial charge in [-0.05, 0) is 18.9 Å². The average Bonchev–Trinajstić information content (AvgIpc) is 2.12. The van der Waals surface area contributed by atoms with E-state index in [0.29, 0.717) is 12.1 Å². The second-order valence-electron chi connectivity index (χ2n) is 2.38. The molecule has 0 spiro atoms. The minimum Gasteiger partial charge on any atom is -0.165 e. The highest BCUT2D eigenvalue weighted by Crippen LogP contribution is 2.23. The van der Waals surface area contributed by atoms with Gasteiger partial charge >= 0.3 is 0 Å². The lowest BCUT2D eigenvalue weighted by Crippen LogP contribution is -2.00. The first-order valence-corrected chi connectivity index (χ1v) is 4.80. The maximum Gasteiger partial charge on any atom is 0.0610 e. The Hall–Kier alpha value is -0.500. The molecule has 0 fully saturated rings. The SMILES string of the molecule is C=C/C(=C\C=C/C)C(CC)SF. The van der Waals surface area contributed by atoms with Gasteiger partial charge in [-0.15, -0.1) is 0 Å². The summed E-state index contributed by atoms with van der Waals surface area (Å²) in [6.45, 7) is 7.54. The molecular formula is C10H15FS. The van der Waals surface area contributed by atoms with Crippen molar-refractivity contribution >= 4 is 12.1 Å². The quantitative estimate of drug-likeness (QED) is 0.583. The summed E-state index contributed by atoms with van der Waals surface area (Å²) in [6.07, 6.45) is 8.21. The predicted octanol–water partition coefficient (Wildman–Crippen LogP) is 4.07. The number of allylic oxidation sites excluding steroid dienone is 4. The molecule has 0 N–H and O–H groups in total. The van der Waals surface area contributed by atoms with Crippen molar-refractivity contribution in [2.75, 3.05) is 0 Å². The topological polar surface area (TPSA) is 0 Å². The molecule has 2 heteroatoms. The molecule has 0 bridgehead atoms. The number of rotatable bonds is 5. The van der Waals surface area contributed by atoms with Crippen LogP contribution in [0.1, 0.15) is 20.3 Å². The Morgan fingerprint density at radius 1 is 1.67 bits per heavy atom. The molecule has 0 rings (SSSR count). The second-order valence-corrected chi connectivity index (χ2v) is 3.13. The van der Waals surface area contributed by atoms with Crippen molar-refractivity contribution in [2.24, 2.45) is 0 Å². The first-order valence-electron chi connectivity index (χ1n) is 4.02. The fourth-order valence-electron chi connectivity index (χ4n) is 0.864. The van der Waals surface area contributed by atoms with Crippen molar-refractivity contribution in [1.29, 1.82) is 0 Å². The molecule has 0 saturated heterocycles. The van der Waals surface area contributed by atoms with Gasteiger partial charge in [0.25, 0.3) is 0 Å². The normalized spacial score (nSPS) is 15.1. The van der Waals surface area contributed by atoms with E-state index in [0.717, 1.165) is 12.0 Å². The monoisotopic (exact) mass is 186 g/mol. The number of hydrogen-bond acceptors (Lipinski definition) is 1. The summed E-state index contributed by atoms with van der Waals surface area (Å²) in [5, 5.41) is -0.0706. The molecule has 0 aromatic rings. The smallest absolute Gasteiger partial charge is 0.0610 e. The highest BCUT2D eigenvalue weighted by molar-refractivity contribution is 7.95. The van der Waals surface area contributed by atoms with E-state index in [4.69, 9.17) is 0 Å². The van der Waals surface area contributed by atoms with Gasteiger partial charge in [-0.1, -0.05) is 37.8 Å². The summed E-state index contributed by atoms with van der Waals surface area (Å²) in [5.41, 5.74) is 0.947. The van der Waals surface area contributed by atoms with Crippen LogP contribution in [0, 0.1) is 0 Å². The van der Waals surface area contributed by atoms with Crippen LogP contribution >= 0.6 is 12.1 Å². The van der Waals surface area contributed by atoms with Crippen LogP contribution in [0.2, 0.25) is 0 Å². The lowest BCUT2D eigenvalue weighted by atomic mass is 10.1. The maximum absolute atomic E-state index is 12.3. The summed E-state index contributed by atoms with van der Waals surface area (Å²) in [5.74, 6) is 0. The summed E-state index contributed by atoms with van der Waals surface area (Å²) >= 11 is 0.380. The van der Waals surface area contributed by atoms with E-state index in [1.165, 1.54) is 0 Å². The van der Waals surface area contributed by atoms with Gasteiger partial charge in [-0.25, -0.2) is 0 Å². The lowest BCUT2D eigenvalue weighted by molar-refractivity contribution is 0.868. The third-order valence-corrected chi connectivity index (χ3v) is 2.39. The summed E-state index contributed by atoms with van der Waals surface area (Å²) in [7, 11) is 0. The van der Waals surface area contributed by atoms with Crippen LogP contribution < -0.4 is 0 Å². The molecule has 0 aromatic heterocycles. The number of halogens is 1. The van der Waals surface area contributed by atoms with Crippen molar-refractivity contribution in [2.45, 2.75) is 25.5 Å². The maximum atomic E-state index is 12.3. The molecule has 0 aliphatic rings. The van der Waals surface area contributed by atoms with Gasteiger partial charge in [0.1, 0.15) is 0 Å². The first-order chi connectivity index (χ1) is 5.79. The van der Waals surface area contributed by atoms with Crippen molar-refractivity contribution < 1.29 is 3.89 Å². The third-order valence-electron chi connectivity index (χ3n) is 1.57. The molecule has 0 heterocycles. The standard InChI is InChI=1S/C10H15FS/c1-4-7-8-9(5-2)10(6-3)12-11/h4-5,7-8,10H,2,6H2,1,3H3/b7-4-,9-8+. The van der Waals surface area contributed by atoms with E-state index in [1.54, 1.807) is 6.08 Å². The zero-order valence-corrected chi connectivity index (χ0v) is 8.40. The number of hydrogen-bond donors (Lipinski definition) is 0. The van der Waals surface area contributed by atoms with Crippen LogP contribution in [0.15, 0.2) is 36.5 Å². The van der Waals surface area contributed by atoms with E-state index in [9.17, 15) is 3.89 Å². The van der Waals surface area contributed by atoms with Crippen molar-refractivity contribution in [3.05, 3.63) is 36.5 Å². The molecule has 0 radical (unpaired) electrons. The van der Waals surface area contributed by atoms with E-state index in [-0.39, 0.29) is 5.25 Å². The molecule has 1 unspecified atom stereocenters. The molecule has 0 aliphatic carbocycles. The first kappa shape index (κ1) is 11.5. The fraction of sp³-hybridized carbons (Fsp3) is 0.400. The second kappa shape index (κ2) is 7.17. The fourth-order valence-corrected chi connectivity index (χ4v) is 1.27. The molecule has 0 amide bonds. The molecule has 0 saturated carbocycles. The van der Waals surface area contributed by atoms with Crippen LogP contribution in [0.3, 0.4) is 0 Å². The van der Waals surface area contributed by atoms with E-state index < -0.39 is 0 Å². The van der Waals surface area contributed by atoms with Crippen molar-refractivity contribution in [3.63, 3.8) is 0 Å². The molecule has 68 valence electrons. The Balaban J connectivity index is 4.39. The third kappa shape index (κ3) is 3.77. The zero-order valence-electron chi connectivity index (χ0n) is 7.59. The Bertz CT molecular complexity index is 178. The van der Waals surface area contributed by atoms with Gasteiger partial charge in [0.15, 0.2) is 0 Å². The molecule has 12 heavy (non-hydrogen) atoms. The average molecular weight is 186 g/mol. The van der Waals surface area contributed by atoms with E-state index in [2.05, 4.69) is 6.58 Å². The van der Waals surface area contributed by atoms with Gasteiger partial charge in [-0.2, -0.15) is 3.89 Å². The highest BCUT2D eigenvalue weighted by atomic mass is 32.2. The Morgan fingerprint density at radius 2 is 2.33 bits per heavy atom. The molecule has 0 aromatic carbocycles. The molecule has 0 aliphatic heterocycles. The largest absolute Gasteiger partial charge is 0.165 e. The highest BCUT2D eigenvalue weighted by Gasteiger charge is 2.09. The molecular weight excluding hydrogens is 171 g/mol. The van der Waals surface area contributed by atoms with Gasteiger partial charge in [0.05, 0.1) is 17.4 Å². The van der Waals surface area contributed by atoms with Crippen molar-refractivity contribution in [1.82, 2.24) is 0 Å². The Kier molecular flexibility index (Phi) is 6.87.